The maximum atomic E-state index is 11.9. The van der Waals surface area contributed by atoms with Crippen molar-refractivity contribution in [3.8, 4) is 0 Å². The quantitative estimate of drug-likeness (QED) is 0.642. The van der Waals surface area contributed by atoms with Gasteiger partial charge in [-0.25, -0.2) is 14.8 Å². The number of rotatable bonds is 6. The van der Waals surface area contributed by atoms with Gasteiger partial charge >= 0.3 is 5.97 Å². The average Bonchev–Trinajstić information content (AvgIpc) is 2.83. The van der Waals surface area contributed by atoms with E-state index in [4.69, 9.17) is 16.3 Å². The van der Waals surface area contributed by atoms with Crippen molar-refractivity contribution in [1.82, 2.24) is 9.97 Å². The van der Waals surface area contributed by atoms with Crippen molar-refractivity contribution in [1.29, 1.82) is 0 Å². The van der Waals surface area contributed by atoms with Gasteiger partial charge in [0.05, 0.1) is 17.6 Å². The number of nitrogens with zero attached hydrogens (tertiary/aromatic N) is 2. The molecule has 0 amide bonds. The second kappa shape index (κ2) is 7.04. The van der Waals surface area contributed by atoms with Crippen LogP contribution in [-0.4, -0.2) is 29.1 Å². The summed E-state index contributed by atoms with van der Waals surface area (Å²) in [5, 5.41) is 5.70. The molecule has 2 aromatic rings. The number of aromatic nitrogens is 2. The number of esters is 1. The number of anilines is 1. The number of ether oxygens (including phenoxy) is 1. The molecular formula is C14H18ClN3O2S. The SMILES string of the molecule is CCOC(=O)c1csc2nc(NCCC(C)C)nc(Cl)c12. The molecule has 0 saturated carbocycles. The van der Waals surface area contributed by atoms with E-state index in [1.165, 1.54) is 11.3 Å². The van der Waals surface area contributed by atoms with Crippen LogP contribution in [0.2, 0.25) is 5.15 Å². The van der Waals surface area contributed by atoms with Crippen molar-refractivity contribution < 1.29 is 9.53 Å². The van der Waals surface area contributed by atoms with Gasteiger partial charge in [-0.1, -0.05) is 25.4 Å². The Kier molecular flexibility index (Phi) is 5.36. The number of carbonyl (C=O) groups excluding carboxylic acids is 1. The van der Waals surface area contributed by atoms with Gasteiger partial charge in [0.2, 0.25) is 5.95 Å². The first kappa shape index (κ1) is 16.0. The van der Waals surface area contributed by atoms with E-state index in [-0.39, 0.29) is 5.15 Å². The van der Waals surface area contributed by atoms with Crippen LogP contribution in [0, 0.1) is 5.92 Å². The Morgan fingerprint density at radius 2 is 2.24 bits per heavy atom. The molecule has 0 unspecified atom stereocenters. The predicted octanol–water partition coefficient (Wildman–Crippen LogP) is 3.98. The Balaban J connectivity index is 2.25. The Morgan fingerprint density at radius 3 is 2.90 bits per heavy atom. The maximum absolute atomic E-state index is 11.9. The largest absolute Gasteiger partial charge is 0.462 e. The van der Waals surface area contributed by atoms with Crippen LogP contribution in [0.3, 0.4) is 0 Å². The lowest BCUT2D eigenvalue weighted by atomic mass is 10.1. The molecule has 0 spiro atoms. The summed E-state index contributed by atoms with van der Waals surface area (Å²) in [6.45, 7) is 7.19. The number of hydrogen-bond donors (Lipinski definition) is 1. The molecule has 2 aromatic heterocycles. The summed E-state index contributed by atoms with van der Waals surface area (Å²) in [5.74, 6) is 0.703. The fraction of sp³-hybridized carbons (Fsp3) is 0.500. The van der Waals surface area contributed by atoms with E-state index in [2.05, 4.69) is 29.1 Å². The molecule has 1 N–H and O–H groups in total. The molecule has 2 heterocycles. The van der Waals surface area contributed by atoms with Gasteiger partial charge in [0, 0.05) is 11.9 Å². The third-order valence-corrected chi connectivity index (χ3v) is 4.04. The Hall–Kier alpha value is -1.40. The number of carbonyl (C=O) groups is 1. The van der Waals surface area contributed by atoms with Crippen molar-refractivity contribution >= 4 is 45.1 Å². The molecule has 5 nitrogen and oxygen atoms in total. The second-order valence-electron chi connectivity index (χ2n) is 5.00. The smallest absolute Gasteiger partial charge is 0.339 e. The summed E-state index contributed by atoms with van der Waals surface area (Å²) >= 11 is 7.56. The molecule has 114 valence electrons. The molecule has 0 radical (unpaired) electrons. The van der Waals surface area contributed by atoms with E-state index in [0.29, 0.717) is 34.3 Å². The third kappa shape index (κ3) is 3.83. The summed E-state index contributed by atoms with van der Waals surface area (Å²) in [6, 6.07) is 0. The highest BCUT2D eigenvalue weighted by molar-refractivity contribution is 7.17. The number of hydrogen-bond acceptors (Lipinski definition) is 6. The van der Waals surface area contributed by atoms with Gasteiger partial charge in [0.25, 0.3) is 0 Å². The summed E-state index contributed by atoms with van der Waals surface area (Å²) in [7, 11) is 0. The molecule has 0 aromatic carbocycles. The summed E-state index contributed by atoms with van der Waals surface area (Å²) in [6.07, 6.45) is 1.03. The molecule has 0 aliphatic rings. The van der Waals surface area contributed by atoms with E-state index < -0.39 is 5.97 Å². The lowest BCUT2D eigenvalue weighted by Gasteiger charge is -2.07. The van der Waals surface area contributed by atoms with Crippen LogP contribution in [0.5, 0.6) is 0 Å². The van der Waals surface area contributed by atoms with Crippen molar-refractivity contribution in [2.75, 3.05) is 18.5 Å². The molecular weight excluding hydrogens is 310 g/mol. The lowest BCUT2D eigenvalue weighted by Crippen LogP contribution is -2.08. The van der Waals surface area contributed by atoms with Crippen molar-refractivity contribution in [3.63, 3.8) is 0 Å². The first-order valence-corrected chi connectivity index (χ1v) is 8.14. The zero-order valence-electron chi connectivity index (χ0n) is 12.3. The molecule has 0 bridgehead atoms. The minimum Gasteiger partial charge on any atom is -0.462 e. The second-order valence-corrected chi connectivity index (χ2v) is 6.21. The van der Waals surface area contributed by atoms with Gasteiger partial charge < -0.3 is 10.1 Å². The minimum atomic E-state index is -0.394. The summed E-state index contributed by atoms with van der Waals surface area (Å²) in [5.41, 5.74) is 0.426. The number of halogens is 1. The van der Waals surface area contributed by atoms with Gasteiger partial charge in [-0.2, -0.15) is 0 Å². The van der Waals surface area contributed by atoms with Gasteiger partial charge in [-0.3, -0.25) is 0 Å². The fourth-order valence-electron chi connectivity index (χ4n) is 1.81. The Morgan fingerprint density at radius 1 is 1.48 bits per heavy atom. The van der Waals surface area contributed by atoms with Crippen molar-refractivity contribution in [2.24, 2.45) is 5.92 Å². The molecule has 0 saturated heterocycles. The van der Waals surface area contributed by atoms with Crippen molar-refractivity contribution in [2.45, 2.75) is 27.2 Å². The van der Waals surface area contributed by atoms with Gasteiger partial charge in [-0.15, -0.1) is 11.3 Å². The molecule has 2 rings (SSSR count). The monoisotopic (exact) mass is 327 g/mol. The first-order valence-electron chi connectivity index (χ1n) is 6.88. The van der Waals surface area contributed by atoms with Crippen LogP contribution in [0.25, 0.3) is 10.2 Å². The van der Waals surface area contributed by atoms with Crippen LogP contribution < -0.4 is 5.32 Å². The average molecular weight is 328 g/mol. The fourth-order valence-corrected chi connectivity index (χ4v) is 3.04. The first-order chi connectivity index (χ1) is 10.0. The maximum Gasteiger partial charge on any atom is 0.339 e. The van der Waals surface area contributed by atoms with E-state index in [1.54, 1.807) is 12.3 Å². The predicted molar refractivity (Wildman–Crippen MR) is 86.3 cm³/mol. The number of thiophene rings is 1. The zero-order valence-corrected chi connectivity index (χ0v) is 13.8. The molecule has 0 fully saturated rings. The lowest BCUT2D eigenvalue weighted by molar-refractivity contribution is 0.0529. The molecule has 7 heteroatoms. The van der Waals surface area contributed by atoms with Crippen LogP contribution in [0.4, 0.5) is 5.95 Å². The van der Waals surface area contributed by atoms with E-state index in [9.17, 15) is 4.79 Å². The minimum absolute atomic E-state index is 0.274. The van der Waals surface area contributed by atoms with Gasteiger partial charge in [-0.05, 0) is 19.3 Å². The number of fused-ring (bicyclic) bond motifs is 1. The molecule has 0 atom stereocenters. The molecule has 0 aliphatic heterocycles. The Bertz CT molecular complexity index is 642. The third-order valence-electron chi connectivity index (χ3n) is 2.89. The highest BCUT2D eigenvalue weighted by Gasteiger charge is 2.18. The highest BCUT2D eigenvalue weighted by atomic mass is 35.5. The van der Waals surface area contributed by atoms with Crippen LogP contribution in [0.15, 0.2) is 5.38 Å². The standard InChI is InChI=1S/C14H18ClN3O2S/c1-4-20-13(19)9-7-21-12-10(9)11(15)17-14(18-12)16-6-5-8(2)3/h7-8H,4-6H2,1-3H3,(H,16,17,18). The zero-order chi connectivity index (χ0) is 15.4. The van der Waals surface area contributed by atoms with Gasteiger partial charge in [0.15, 0.2) is 0 Å². The highest BCUT2D eigenvalue weighted by Crippen LogP contribution is 2.31. The topological polar surface area (TPSA) is 64.1 Å². The Labute approximate surface area is 132 Å². The van der Waals surface area contributed by atoms with Gasteiger partial charge in [0.1, 0.15) is 9.98 Å². The van der Waals surface area contributed by atoms with E-state index in [0.717, 1.165) is 13.0 Å². The van der Waals surface area contributed by atoms with Crippen LogP contribution >= 0.6 is 22.9 Å². The summed E-state index contributed by atoms with van der Waals surface area (Å²) in [4.78, 5) is 21.2. The van der Waals surface area contributed by atoms with E-state index >= 15 is 0 Å². The van der Waals surface area contributed by atoms with Crippen LogP contribution in [-0.2, 0) is 4.74 Å². The molecule has 0 aliphatic carbocycles. The number of nitrogens with one attached hydrogen (secondary N) is 1. The van der Waals surface area contributed by atoms with Crippen LogP contribution in [0.1, 0.15) is 37.6 Å². The van der Waals surface area contributed by atoms with Crippen molar-refractivity contribution in [3.05, 3.63) is 16.1 Å². The summed E-state index contributed by atoms with van der Waals surface area (Å²) < 4.78 is 5.01. The van der Waals surface area contributed by atoms with E-state index in [1.807, 2.05) is 0 Å². The normalized spacial score (nSPS) is 11.1. The molecule has 21 heavy (non-hydrogen) atoms.